The van der Waals surface area contributed by atoms with Gasteiger partial charge >= 0.3 is 0 Å². The molecule has 17 unspecified atom stereocenters. The fourth-order valence-electron chi connectivity index (χ4n) is 13.2. The van der Waals surface area contributed by atoms with E-state index in [1.165, 1.54) is 51.4 Å². The third kappa shape index (κ3) is 5.59. The van der Waals surface area contributed by atoms with E-state index in [2.05, 4.69) is 48.5 Å². The smallest absolute Gasteiger partial charge is 0.0679 e. The van der Waals surface area contributed by atoms with Gasteiger partial charge in [0.25, 0.3) is 0 Å². The summed E-state index contributed by atoms with van der Waals surface area (Å²) >= 11 is 0. The molecule has 0 amide bonds. The van der Waals surface area contributed by atoms with Gasteiger partial charge in [-0.2, -0.15) is 0 Å². The number of aliphatic hydroxyl groups excluding tert-OH is 4. The second kappa shape index (κ2) is 12.4. The van der Waals surface area contributed by atoms with Crippen molar-refractivity contribution in [2.75, 3.05) is 7.11 Å². The van der Waals surface area contributed by atoms with Crippen molar-refractivity contribution in [1.29, 1.82) is 0 Å². The third-order valence-electron chi connectivity index (χ3n) is 15.3. The van der Waals surface area contributed by atoms with Gasteiger partial charge in [0.1, 0.15) is 0 Å². The molecular weight excluding hydrogens is 536 g/mol. The first-order chi connectivity index (χ1) is 20.1. The molecule has 0 aromatic rings. The molecule has 0 aliphatic heterocycles. The Bertz CT molecular complexity index is 953. The summed E-state index contributed by atoms with van der Waals surface area (Å²) in [4.78, 5) is 0. The van der Waals surface area contributed by atoms with Crippen molar-refractivity contribution < 1.29 is 25.2 Å². The van der Waals surface area contributed by atoms with Crippen molar-refractivity contribution >= 4 is 0 Å². The molecular formula is C38H68O5. The van der Waals surface area contributed by atoms with Crippen LogP contribution in [0.1, 0.15) is 126 Å². The lowest BCUT2D eigenvalue weighted by Gasteiger charge is -2.71. The molecule has 0 aromatic carbocycles. The van der Waals surface area contributed by atoms with Crippen LogP contribution in [0.15, 0.2) is 0 Å². The van der Waals surface area contributed by atoms with Crippen LogP contribution in [0.3, 0.4) is 0 Å². The molecule has 0 heterocycles. The van der Waals surface area contributed by atoms with Gasteiger partial charge in [-0.25, -0.2) is 0 Å². The van der Waals surface area contributed by atoms with Crippen LogP contribution in [0.5, 0.6) is 0 Å². The van der Waals surface area contributed by atoms with E-state index in [1.807, 2.05) is 7.11 Å². The van der Waals surface area contributed by atoms with E-state index in [0.717, 1.165) is 24.7 Å². The zero-order valence-electron chi connectivity index (χ0n) is 29.1. The maximum absolute atomic E-state index is 12.6. The van der Waals surface area contributed by atoms with Gasteiger partial charge < -0.3 is 25.2 Å². The van der Waals surface area contributed by atoms with Crippen LogP contribution >= 0.6 is 0 Å². The lowest BCUT2D eigenvalue weighted by molar-refractivity contribution is -0.287. The van der Waals surface area contributed by atoms with E-state index in [-0.39, 0.29) is 28.6 Å². The first kappa shape index (κ1) is 34.1. The molecule has 250 valence electrons. The van der Waals surface area contributed by atoms with E-state index in [1.54, 1.807) is 6.92 Å². The molecule has 0 bridgehead atoms. The fourth-order valence-corrected chi connectivity index (χ4v) is 13.2. The predicted molar refractivity (Wildman–Crippen MR) is 173 cm³/mol. The Morgan fingerprint density at radius 1 is 0.884 bits per heavy atom. The monoisotopic (exact) mass is 605 g/mol. The van der Waals surface area contributed by atoms with Crippen LogP contribution in [0.4, 0.5) is 0 Å². The van der Waals surface area contributed by atoms with Crippen molar-refractivity contribution in [3.8, 4) is 0 Å². The molecule has 43 heavy (non-hydrogen) atoms. The zero-order chi connectivity index (χ0) is 31.6. The average molecular weight is 605 g/mol. The zero-order valence-corrected chi connectivity index (χ0v) is 29.1. The van der Waals surface area contributed by atoms with Crippen LogP contribution in [0, 0.1) is 75.4 Å². The molecule has 0 aromatic heterocycles. The Hall–Kier alpha value is -0.200. The van der Waals surface area contributed by atoms with Crippen molar-refractivity contribution in [1.82, 2.24) is 0 Å². The summed E-state index contributed by atoms with van der Waals surface area (Å²) in [7, 11) is 1.93. The highest BCUT2D eigenvalue weighted by Crippen LogP contribution is 2.72. The summed E-state index contributed by atoms with van der Waals surface area (Å²) in [5, 5.41) is 46.4. The summed E-state index contributed by atoms with van der Waals surface area (Å²) in [6, 6.07) is 0. The lowest BCUT2D eigenvalue weighted by atomic mass is 9.34. The number of rotatable bonds is 7. The van der Waals surface area contributed by atoms with Gasteiger partial charge in [0.05, 0.1) is 30.5 Å². The summed E-state index contributed by atoms with van der Waals surface area (Å²) < 4.78 is 6.24. The van der Waals surface area contributed by atoms with Gasteiger partial charge in [0.2, 0.25) is 0 Å². The molecule has 5 saturated carbocycles. The largest absolute Gasteiger partial charge is 0.393 e. The normalized spacial score (nSPS) is 54.4. The van der Waals surface area contributed by atoms with E-state index in [0.29, 0.717) is 36.2 Å². The molecule has 5 nitrogen and oxygen atoms in total. The molecule has 5 aliphatic carbocycles. The number of methoxy groups -OCH3 is 1. The fraction of sp³-hybridized carbons (Fsp3) is 1.00. The highest BCUT2D eigenvalue weighted by atomic mass is 16.5. The topological polar surface area (TPSA) is 90.2 Å². The van der Waals surface area contributed by atoms with E-state index < -0.39 is 35.7 Å². The van der Waals surface area contributed by atoms with Crippen LogP contribution in [-0.2, 0) is 4.74 Å². The van der Waals surface area contributed by atoms with Gasteiger partial charge in [0, 0.05) is 18.4 Å². The van der Waals surface area contributed by atoms with Crippen molar-refractivity contribution in [2.24, 2.45) is 75.4 Å². The number of aliphatic hydroxyl groups is 4. The minimum atomic E-state index is -0.806. The second-order valence-electron chi connectivity index (χ2n) is 18.1. The molecule has 5 rings (SSSR count). The highest BCUT2D eigenvalue weighted by Gasteiger charge is 2.70. The molecule has 0 saturated heterocycles. The van der Waals surface area contributed by atoms with Crippen molar-refractivity contribution in [2.45, 2.75) is 157 Å². The first-order valence-electron chi connectivity index (χ1n) is 18.3. The maximum Gasteiger partial charge on any atom is 0.0679 e. The Morgan fingerprint density at radius 3 is 2.21 bits per heavy atom. The first-order valence-corrected chi connectivity index (χ1v) is 18.3. The molecule has 5 fully saturated rings. The summed E-state index contributed by atoms with van der Waals surface area (Å²) in [6.07, 6.45) is 10.4. The third-order valence-corrected chi connectivity index (χ3v) is 15.3. The van der Waals surface area contributed by atoms with Crippen LogP contribution < -0.4 is 0 Å². The SMILES string of the molecule is COC1CCC(CCCC(C)C)CC1C1CCC(C)C2C(O)C3C(C)C4(C)C(O)C(C(C)O)C(O)CC4(C)CC3(C)CC12. The number of hydrogen-bond acceptors (Lipinski definition) is 5. The van der Waals surface area contributed by atoms with Crippen LogP contribution in [0.2, 0.25) is 0 Å². The quantitative estimate of drug-likeness (QED) is 0.249. The Balaban J connectivity index is 1.45. The van der Waals surface area contributed by atoms with Gasteiger partial charge in [-0.15, -0.1) is 0 Å². The Morgan fingerprint density at radius 2 is 1.58 bits per heavy atom. The number of ether oxygens (including phenoxy) is 1. The minimum absolute atomic E-state index is 0.0609. The summed E-state index contributed by atoms with van der Waals surface area (Å²) in [5.41, 5.74) is -0.822. The van der Waals surface area contributed by atoms with Gasteiger partial charge in [-0.1, -0.05) is 74.1 Å². The van der Waals surface area contributed by atoms with E-state index in [9.17, 15) is 20.4 Å². The Kier molecular flexibility index (Phi) is 9.87. The summed E-state index contributed by atoms with van der Waals surface area (Å²) in [6.45, 7) is 18.0. The standard InChI is InChI=1S/C38H68O5/c1-21(2)11-10-12-25-14-16-30(43-9)27(17-25)26-15-13-22(3)31-28(26)18-36(6)20-37(7)19-29(40)32(24(5)39)35(42)38(37,8)23(4)33(36)34(31)41/h21-35,39-42H,10-20H2,1-9H3. The van der Waals surface area contributed by atoms with Gasteiger partial charge in [-0.05, 0) is 116 Å². The molecule has 4 N–H and O–H groups in total. The second-order valence-corrected chi connectivity index (χ2v) is 18.1. The number of hydrogen-bond donors (Lipinski definition) is 4. The average Bonchev–Trinajstić information content (AvgIpc) is 2.90. The summed E-state index contributed by atoms with van der Waals surface area (Å²) in [5.74, 6) is 3.61. The van der Waals surface area contributed by atoms with Crippen molar-refractivity contribution in [3.63, 3.8) is 0 Å². The maximum atomic E-state index is 12.6. The molecule has 5 heteroatoms. The van der Waals surface area contributed by atoms with Gasteiger partial charge in [0.15, 0.2) is 0 Å². The van der Waals surface area contributed by atoms with E-state index >= 15 is 0 Å². The lowest BCUT2D eigenvalue weighted by Crippen LogP contribution is -2.71. The van der Waals surface area contributed by atoms with Gasteiger partial charge in [-0.3, -0.25) is 0 Å². The molecule has 0 radical (unpaired) electrons. The Labute approximate surface area is 264 Å². The van der Waals surface area contributed by atoms with E-state index in [4.69, 9.17) is 4.74 Å². The molecule has 17 atom stereocenters. The van der Waals surface area contributed by atoms with Crippen LogP contribution in [0.25, 0.3) is 0 Å². The predicted octanol–water partition coefficient (Wildman–Crippen LogP) is 7.08. The molecule has 0 spiro atoms. The number of fused-ring (bicyclic) bond motifs is 3. The minimum Gasteiger partial charge on any atom is -0.393 e. The molecule has 5 aliphatic rings. The van der Waals surface area contributed by atoms with Crippen molar-refractivity contribution in [3.05, 3.63) is 0 Å². The van der Waals surface area contributed by atoms with Crippen LogP contribution in [-0.4, -0.2) is 58.1 Å². The highest BCUT2D eigenvalue weighted by molar-refractivity contribution is 5.19.